The minimum atomic E-state index is -0.849. The standard InChI is InChI=1S/C7H11BrO2/c1-3-6(8)4-5(2)7(9)10/h4,6H,3H2,1-2H3,(H,9,10). The SMILES string of the molecule is CCC(Br)C=C(C)C(=O)O. The number of alkyl halides is 1. The lowest BCUT2D eigenvalue weighted by molar-refractivity contribution is -0.132. The lowest BCUT2D eigenvalue weighted by atomic mass is 10.2. The Labute approximate surface area is 69.1 Å². The van der Waals surface area contributed by atoms with Crippen molar-refractivity contribution in [2.45, 2.75) is 25.1 Å². The van der Waals surface area contributed by atoms with Gasteiger partial charge in [-0.05, 0) is 13.3 Å². The predicted octanol–water partition coefficient (Wildman–Crippen LogP) is 2.19. The van der Waals surface area contributed by atoms with E-state index in [1.165, 1.54) is 0 Å². The zero-order valence-electron chi connectivity index (χ0n) is 6.10. The number of allylic oxidation sites excluding steroid dienone is 1. The van der Waals surface area contributed by atoms with Gasteiger partial charge in [0.05, 0.1) is 0 Å². The second-order valence-electron chi connectivity index (χ2n) is 2.08. The van der Waals surface area contributed by atoms with E-state index in [9.17, 15) is 4.79 Å². The Morgan fingerprint density at radius 1 is 1.80 bits per heavy atom. The number of aliphatic carboxylic acids is 1. The molecule has 0 aromatic heterocycles. The topological polar surface area (TPSA) is 37.3 Å². The molecule has 3 heteroatoms. The Kier molecular flexibility index (Phi) is 4.36. The van der Waals surface area contributed by atoms with Crippen LogP contribution < -0.4 is 0 Å². The summed E-state index contributed by atoms with van der Waals surface area (Å²) in [6, 6.07) is 0. The summed E-state index contributed by atoms with van der Waals surface area (Å²) in [6.45, 7) is 3.58. The molecule has 1 N–H and O–H groups in total. The van der Waals surface area contributed by atoms with E-state index in [4.69, 9.17) is 5.11 Å². The molecule has 2 nitrogen and oxygen atoms in total. The molecule has 10 heavy (non-hydrogen) atoms. The van der Waals surface area contributed by atoms with Crippen LogP contribution in [0, 0.1) is 0 Å². The van der Waals surface area contributed by atoms with Crippen LogP contribution >= 0.6 is 15.9 Å². The number of rotatable bonds is 3. The number of carboxylic acid groups (broad SMARTS) is 1. The first kappa shape index (κ1) is 9.69. The van der Waals surface area contributed by atoms with Crippen LogP contribution in [0.25, 0.3) is 0 Å². The maximum Gasteiger partial charge on any atom is 0.330 e. The van der Waals surface area contributed by atoms with E-state index >= 15 is 0 Å². The summed E-state index contributed by atoms with van der Waals surface area (Å²) in [5, 5.41) is 8.44. The molecular formula is C7H11BrO2. The van der Waals surface area contributed by atoms with Crippen molar-refractivity contribution in [3.63, 3.8) is 0 Å². The maximum absolute atomic E-state index is 10.3. The molecule has 0 aliphatic rings. The van der Waals surface area contributed by atoms with Crippen molar-refractivity contribution in [2.24, 2.45) is 0 Å². The molecule has 0 spiro atoms. The van der Waals surface area contributed by atoms with Gasteiger partial charge in [-0.15, -0.1) is 0 Å². The number of carboxylic acids is 1. The average molecular weight is 207 g/mol. The summed E-state index contributed by atoms with van der Waals surface area (Å²) in [6.07, 6.45) is 2.60. The first-order chi connectivity index (χ1) is 4.57. The monoisotopic (exact) mass is 206 g/mol. The van der Waals surface area contributed by atoms with Gasteiger partial charge in [-0.2, -0.15) is 0 Å². The van der Waals surface area contributed by atoms with Gasteiger partial charge in [0.1, 0.15) is 0 Å². The minimum absolute atomic E-state index is 0.184. The van der Waals surface area contributed by atoms with Crippen molar-refractivity contribution in [3.8, 4) is 0 Å². The smallest absolute Gasteiger partial charge is 0.330 e. The van der Waals surface area contributed by atoms with Gasteiger partial charge in [0.25, 0.3) is 0 Å². The normalized spacial score (nSPS) is 14.9. The molecule has 0 aliphatic carbocycles. The van der Waals surface area contributed by atoms with Crippen molar-refractivity contribution < 1.29 is 9.90 Å². The average Bonchev–Trinajstić information content (AvgIpc) is 1.87. The highest BCUT2D eigenvalue weighted by Gasteiger charge is 2.02. The molecule has 0 aromatic carbocycles. The molecule has 0 rings (SSSR count). The molecule has 58 valence electrons. The number of carbonyl (C=O) groups is 1. The molecule has 0 fully saturated rings. The van der Waals surface area contributed by atoms with Crippen LogP contribution in [0.1, 0.15) is 20.3 Å². The van der Waals surface area contributed by atoms with Crippen molar-refractivity contribution in [2.75, 3.05) is 0 Å². The molecule has 0 aliphatic heterocycles. The largest absolute Gasteiger partial charge is 0.478 e. The van der Waals surface area contributed by atoms with Crippen LogP contribution in [0.3, 0.4) is 0 Å². The summed E-state index contributed by atoms with van der Waals surface area (Å²) >= 11 is 3.31. The third-order valence-corrected chi connectivity index (χ3v) is 2.07. The van der Waals surface area contributed by atoms with Gasteiger partial charge in [0.2, 0.25) is 0 Å². The van der Waals surface area contributed by atoms with Gasteiger partial charge in [-0.3, -0.25) is 0 Å². The molecule has 1 unspecified atom stereocenters. The van der Waals surface area contributed by atoms with E-state index in [0.29, 0.717) is 5.57 Å². The molecule has 0 radical (unpaired) electrons. The first-order valence-electron chi connectivity index (χ1n) is 3.13. The molecule has 0 bridgehead atoms. The van der Waals surface area contributed by atoms with Crippen LogP contribution in [0.5, 0.6) is 0 Å². The zero-order valence-corrected chi connectivity index (χ0v) is 7.68. The maximum atomic E-state index is 10.3. The molecule has 0 amide bonds. The van der Waals surface area contributed by atoms with Gasteiger partial charge in [-0.1, -0.05) is 28.9 Å². The van der Waals surface area contributed by atoms with Crippen LogP contribution in [-0.4, -0.2) is 15.9 Å². The lowest BCUT2D eigenvalue weighted by Crippen LogP contribution is -1.99. The Morgan fingerprint density at radius 3 is 2.60 bits per heavy atom. The molecule has 1 atom stereocenters. The Bertz CT molecular complexity index is 152. The van der Waals surface area contributed by atoms with Crippen molar-refractivity contribution in [3.05, 3.63) is 11.6 Å². The number of hydrogen-bond acceptors (Lipinski definition) is 1. The second kappa shape index (κ2) is 4.50. The fourth-order valence-electron chi connectivity index (χ4n) is 0.460. The number of halogens is 1. The molecular weight excluding hydrogens is 196 g/mol. The quantitative estimate of drug-likeness (QED) is 0.568. The van der Waals surface area contributed by atoms with Gasteiger partial charge in [0.15, 0.2) is 0 Å². The Balaban J connectivity index is 4.02. The van der Waals surface area contributed by atoms with Gasteiger partial charge < -0.3 is 5.11 Å². The van der Waals surface area contributed by atoms with Crippen LogP contribution in [0.4, 0.5) is 0 Å². The van der Waals surface area contributed by atoms with Crippen LogP contribution in [-0.2, 0) is 4.79 Å². The predicted molar refractivity (Wildman–Crippen MR) is 44.4 cm³/mol. The van der Waals surface area contributed by atoms with Crippen LogP contribution in [0.2, 0.25) is 0 Å². The third kappa shape index (κ3) is 3.67. The lowest BCUT2D eigenvalue weighted by Gasteiger charge is -1.98. The van der Waals surface area contributed by atoms with Crippen molar-refractivity contribution >= 4 is 21.9 Å². The first-order valence-corrected chi connectivity index (χ1v) is 4.05. The highest BCUT2D eigenvalue weighted by Crippen LogP contribution is 2.08. The molecule has 0 heterocycles. The highest BCUT2D eigenvalue weighted by atomic mass is 79.9. The van der Waals surface area contributed by atoms with E-state index in [-0.39, 0.29) is 4.83 Å². The van der Waals surface area contributed by atoms with Gasteiger partial charge in [0, 0.05) is 10.4 Å². The fraction of sp³-hybridized carbons (Fsp3) is 0.571. The summed E-state index contributed by atoms with van der Waals surface area (Å²) in [5.41, 5.74) is 0.392. The summed E-state index contributed by atoms with van der Waals surface area (Å²) < 4.78 is 0. The van der Waals surface area contributed by atoms with Crippen LogP contribution in [0.15, 0.2) is 11.6 Å². The van der Waals surface area contributed by atoms with Crippen molar-refractivity contribution in [1.82, 2.24) is 0 Å². The zero-order chi connectivity index (χ0) is 8.15. The summed E-state index contributed by atoms with van der Waals surface area (Å²) in [5.74, 6) is -0.849. The molecule has 0 aromatic rings. The summed E-state index contributed by atoms with van der Waals surface area (Å²) in [4.78, 5) is 10.4. The molecule has 0 saturated carbocycles. The number of hydrogen-bond donors (Lipinski definition) is 1. The fourth-order valence-corrected chi connectivity index (χ4v) is 0.857. The third-order valence-electron chi connectivity index (χ3n) is 1.16. The Hall–Kier alpha value is -0.310. The van der Waals surface area contributed by atoms with E-state index < -0.39 is 5.97 Å². The van der Waals surface area contributed by atoms with Gasteiger partial charge >= 0.3 is 5.97 Å². The van der Waals surface area contributed by atoms with E-state index in [1.54, 1.807) is 13.0 Å². The highest BCUT2D eigenvalue weighted by molar-refractivity contribution is 9.09. The Morgan fingerprint density at radius 2 is 2.30 bits per heavy atom. The summed E-state index contributed by atoms with van der Waals surface area (Å²) in [7, 11) is 0. The van der Waals surface area contributed by atoms with E-state index in [0.717, 1.165) is 6.42 Å². The second-order valence-corrected chi connectivity index (χ2v) is 3.26. The van der Waals surface area contributed by atoms with E-state index in [2.05, 4.69) is 15.9 Å². The van der Waals surface area contributed by atoms with E-state index in [1.807, 2.05) is 6.92 Å². The van der Waals surface area contributed by atoms with Crippen molar-refractivity contribution in [1.29, 1.82) is 0 Å². The van der Waals surface area contributed by atoms with Gasteiger partial charge in [-0.25, -0.2) is 4.79 Å². The molecule has 0 saturated heterocycles. The minimum Gasteiger partial charge on any atom is -0.478 e.